The molecule has 6 nitrogen and oxygen atoms in total. The van der Waals surface area contributed by atoms with E-state index < -0.39 is 12.1 Å². The molecular formula is C16H17FN4O2. The van der Waals surface area contributed by atoms with Crippen LogP contribution in [0.2, 0.25) is 0 Å². The first-order valence-corrected chi connectivity index (χ1v) is 7.42. The Hall–Kier alpha value is -2.54. The summed E-state index contributed by atoms with van der Waals surface area (Å²) in [5, 5.41) is 15.1. The van der Waals surface area contributed by atoms with Crippen molar-refractivity contribution in [2.75, 3.05) is 11.9 Å². The first-order valence-electron chi connectivity index (χ1n) is 7.42. The number of carbonyl (C=O) groups excluding carboxylic acids is 1. The average Bonchev–Trinajstić information content (AvgIpc) is 3.39. The average molecular weight is 316 g/mol. The number of hydrogen-bond acceptors (Lipinski definition) is 4. The lowest BCUT2D eigenvalue weighted by Gasteiger charge is -2.13. The molecule has 1 aromatic heterocycles. The van der Waals surface area contributed by atoms with E-state index in [4.69, 9.17) is 0 Å². The summed E-state index contributed by atoms with van der Waals surface area (Å²) in [5.41, 5.74) is 1.02. The van der Waals surface area contributed by atoms with Crippen molar-refractivity contribution < 1.29 is 14.3 Å². The summed E-state index contributed by atoms with van der Waals surface area (Å²) < 4.78 is 12.8. The number of nitrogens with zero attached hydrogens (tertiary/aromatic N) is 2. The fourth-order valence-corrected chi connectivity index (χ4v) is 2.12. The Morgan fingerprint density at radius 1 is 1.26 bits per heavy atom. The van der Waals surface area contributed by atoms with Crippen molar-refractivity contribution in [3.8, 4) is 0 Å². The van der Waals surface area contributed by atoms with Gasteiger partial charge >= 0.3 is 6.03 Å². The van der Waals surface area contributed by atoms with Crippen molar-refractivity contribution in [1.29, 1.82) is 0 Å². The monoisotopic (exact) mass is 316 g/mol. The van der Waals surface area contributed by atoms with Gasteiger partial charge in [0.15, 0.2) is 0 Å². The van der Waals surface area contributed by atoms with E-state index >= 15 is 0 Å². The SMILES string of the molecule is O=C(NCC(O)c1ccc(F)cc1)Nc1cnc(C2CC2)nc1. The van der Waals surface area contributed by atoms with Gasteiger partial charge in [-0.1, -0.05) is 12.1 Å². The standard InChI is InChI=1S/C16H17FN4O2/c17-12-5-3-10(4-6-12)14(22)9-20-16(23)21-13-7-18-15(19-8-13)11-1-2-11/h3-8,11,14,22H,1-2,9H2,(H2,20,21,23). The summed E-state index contributed by atoms with van der Waals surface area (Å²) in [5.74, 6) is 0.896. The van der Waals surface area contributed by atoms with Crippen molar-refractivity contribution >= 4 is 11.7 Å². The van der Waals surface area contributed by atoms with Gasteiger partial charge in [0.2, 0.25) is 0 Å². The van der Waals surface area contributed by atoms with E-state index in [2.05, 4.69) is 20.6 Å². The molecule has 1 heterocycles. The van der Waals surface area contributed by atoms with Gasteiger partial charge in [-0.3, -0.25) is 0 Å². The summed E-state index contributed by atoms with van der Waals surface area (Å²) in [7, 11) is 0. The first kappa shape index (κ1) is 15.4. The molecule has 2 amide bonds. The molecule has 2 aromatic rings. The Labute approximate surface area is 132 Å². The van der Waals surface area contributed by atoms with Gasteiger partial charge in [-0.15, -0.1) is 0 Å². The molecule has 1 saturated carbocycles. The highest BCUT2D eigenvalue weighted by atomic mass is 19.1. The maximum Gasteiger partial charge on any atom is 0.319 e. The minimum absolute atomic E-state index is 0.0124. The summed E-state index contributed by atoms with van der Waals surface area (Å²) in [4.78, 5) is 20.2. The molecule has 1 aromatic carbocycles. The van der Waals surface area contributed by atoms with Crippen LogP contribution in [-0.4, -0.2) is 27.7 Å². The molecule has 0 bridgehead atoms. The maximum atomic E-state index is 12.8. The second-order valence-electron chi connectivity index (χ2n) is 5.51. The molecule has 23 heavy (non-hydrogen) atoms. The van der Waals surface area contributed by atoms with Crippen LogP contribution < -0.4 is 10.6 Å². The lowest BCUT2D eigenvalue weighted by Crippen LogP contribution is -2.32. The lowest BCUT2D eigenvalue weighted by atomic mass is 10.1. The van der Waals surface area contributed by atoms with Crippen LogP contribution >= 0.6 is 0 Å². The highest BCUT2D eigenvalue weighted by Crippen LogP contribution is 2.37. The molecule has 1 atom stereocenters. The van der Waals surface area contributed by atoms with E-state index in [9.17, 15) is 14.3 Å². The van der Waals surface area contributed by atoms with E-state index in [1.165, 1.54) is 24.3 Å². The van der Waals surface area contributed by atoms with E-state index in [1.54, 1.807) is 12.4 Å². The van der Waals surface area contributed by atoms with Gasteiger partial charge in [-0.05, 0) is 30.5 Å². The zero-order valence-electron chi connectivity index (χ0n) is 12.4. The Morgan fingerprint density at radius 2 is 1.91 bits per heavy atom. The van der Waals surface area contributed by atoms with Crippen LogP contribution in [0.25, 0.3) is 0 Å². The van der Waals surface area contributed by atoms with Crippen molar-refractivity contribution in [1.82, 2.24) is 15.3 Å². The number of urea groups is 1. The van der Waals surface area contributed by atoms with E-state index in [1.807, 2.05) is 0 Å². The lowest BCUT2D eigenvalue weighted by molar-refractivity contribution is 0.175. The molecule has 0 saturated heterocycles. The Kier molecular flexibility index (Phi) is 4.47. The summed E-state index contributed by atoms with van der Waals surface area (Å²) in [6.07, 6.45) is 4.46. The number of rotatable bonds is 5. The topological polar surface area (TPSA) is 87.1 Å². The largest absolute Gasteiger partial charge is 0.387 e. The molecule has 0 spiro atoms. The van der Waals surface area contributed by atoms with Crippen LogP contribution in [0.5, 0.6) is 0 Å². The number of amides is 2. The minimum Gasteiger partial charge on any atom is -0.387 e. The van der Waals surface area contributed by atoms with E-state index in [0.29, 0.717) is 17.2 Å². The van der Waals surface area contributed by atoms with Crippen LogP contribution in [0.15, 0.2) is 36.7 Å². The number of anilines is 1. The van der Waals surface area contributed by atoms with Gasteiger partial charge in [-0.2, -0.15) is 0 Å². The summed E-state index contributed by atoms with van der Waals surface area (Å²) >= 11 is 0. The fourth-order valence-electron chi connectivity index (χ4n) is 2.12. The highest BCUT2D eigenvalue weighted by molar-refractivity contribution is 5.88. The number of nitrogens with one attached hydrogen (secondary N) is 2. The van der Waals surface area contributed by atoms with Crippen LogP contribution in [0.3, 0.4) is 0 Å². The van der Waals surface area contributed by atoms with E-state index in [0.717, 1.165) is 18.7 Å². The molecule has 3 N–H and O–H groups in total. The van der Waals surface area contributed by atoms with Gasteiger partial charge in [0, 0.05) is 12.5 Å². The molecule has 1 fully saturated rings. The number of hydrogen-bond donors (Lipinski definition) is 3. The quantitative estimate of drug-likeness (QED) is 0.790. The third-order valence-electron chi connectivity index (χ3n) is 3.58. The van der Waals surface area contributed by atoms with Crippen LogP contribution in [0.1, 0.15) is 36.3 Å². The highest BCUT2D eigenvalue weighted by Gasteiger charge is 2.26. The minimum atomic E-state index is -0.908. The van der Waals surface area contributed by atoms with Crippen molar-refractivity contribution in [3.63, 3.8) is 0 Å². The Morgan fingerprint density at radius 3 is 2.52 bits per heavy atom. The van der Waals surface area contributed by atoms with Gasteiger partial charge in [0.25, 0.3) is 0 Å². The molecular weight excluding hydrogens is 299 g/mol. The van der Waals surface area contributed by atoms with Gasteiger partial charge in [-0.25, -0.2) is 19.2 Å². The van der Waals surface area contributed by atoms with Crippen molar-refractivity contribution in [2.24, 2.45) is 0 Å². The molecule has 7 heteroatoms. The molecule has 3 rings (SSSR count). The van der Waals surface area contributed by atoms with Gasteiger partial charge in [0.1, 0.15) is 11.6 Å². The van der Waals surface area contributed by atoms with Crippen molar-refractivity contribution in [2.45, 2.75) is 24.9 Å². The van der Waals surface area contributed by atoms with Crippen molar-refractivity contribution in [3.05, 3.63) is 53.9 Å². The van der Waals surface area contributed by atoms with Gasteiger partial charge < -0.3 is 15.7 Å². The van der Waals surface area contributed by atoms with E-state index in [-0.39, 0.29) is 12.4 Å². The first-order chi connectivity index (χ1) is 11.1. The fraction of sp³-hybridized carbons (Fsp3) is 0.312. The predicted octanol–water partition coefficient (Wildman–Crippen LogP) is 2.35. The Bertz CT molecular complexity index is 671. The van der Waals surface area contributed by atoms with Gasteiger partial charge in [0.05, 0.1) is 24.2 Å². The number of aliphatic hydroxyl groups excluding tert-OH is 1. The normalized spacial score (nSPS) is 15.0. The number of carbonyl (C=O) groups is 1. The molecule has 120 valence electrons. The number of aliphatic hydroxyl groups is 1. The summed E-state index contributed by atoms with van der Waals surface area (Å²) in [6, 6.07) is 5.01. The summed E-state index contributed by atoms with van der Waals surface area (Å²) in [6.45, 7) is 0.0124. The number of benzene rings is 1. The molecule has 1 unspecified atom stereocenters. The molecule has 1 aliphatic rings. The zero-order chi connectivity index (χ0) is 16.2. The predicted molar refractivity (Wildman–Crippen MR) is 82.4 cm³/mol. The van der Waals surface area contributed by atoms with Crippen LogP contribution in [0.4, 0.5) is 14.9 Å². The second-order valence-corrected chi connectivity index (χ2v) is 5.51. The van der Waals surface area contributed by atoms with Crippen LogP contribution in [0, 0.1) is 5.82 Å². The molecule has 1 aliphatic carbocycles. The number of halogens is 1. The second kappa shape index (κ2) is 6.70. The molecule has 0 radical (unpaired) electrons. The van der Waals surface area contributed by atoms with Crippen LogP contribution in [-0.2, 0) is 0 Å². The third kappa shape index (κ3) is 4.23. The number of aromatic nitrogens is 2. The third-order valence-corrected chi connectivity index (χ3v) is 3.58. The molecule has 0 aliphatic heterocycles. The maximum absolute atomic E-state index is 12.8. The zero-order valence-corrected chi connectivity index (χ0v) is 12.4. The smallest absolute Gasteiger partial charge is 0.319 e. The Balaban J connectivity index is 1.47.